The molecule has 2 atom stereocenters. The lowest BCUT2D eigenvalue weighted by Crippen LogP contribution is -2.29. The number of hydrogen-bond donors (Lipinski definition) is 2. The van der Waals surface area contributed by atoms with E-state index in [2.05, 4.69) is 41.8 Å². The van der Waals surface area contributed by atoms with E-state index in [4.69, 9.17) is 4.74 Å². The molecule has 4 nitrogen and oxygen atoms in total. The monoisotopic (exact) mass is 344 g/mol. The fourth-order valence-electron chi connectivity index (χ4n) is 4.17. The van der Waals surface area contributed by atoms with Crippen LogP contribution in [0.15, 0.2) is 24.3 Å². The van der Waals surface area contributed by atoms with E-state index in [1.165, 1.54) is 49.7 Å². The molecule has 4 heteroatoms. The van der Waals surface area contributed by atoms with Crippen molar-refractivity contribution in [1.29, 1.82) is 0 Å². The van der Waals surface area contributed by atoms with Gasteiger partial charge in [-0.2, -0.15) is 0 Å². The number of aryl methyl sites for hydroxylation is 1. The number of benzene rings is 1. The number of rotatable bonds is 8. The van der Waals surface area contributed by atoms with Crippen molar-refractivity contribution in [1.82, 2.24) is 10.6 Å². The standard InChI is InChI=1S/C21H32N2O2/c1-16(13-17-7-3-2-4-8-17)22-14-19-10-6-5-9-18(19)11-12-20-15-23-21(24)25-20/h5-6,9-10,16-17,20,22H,2-4,7-8,11-15H2,1H3,(H,23,24). The molecule has 1 saturated carbocycles. The van der Waals surface area contributed by atoms with Crippen LogP contribution in [-0.2, 0) is 17.7 Å². The van der Waals surface area contributed by atoms with Crippen molar-refractivity contribution in [3.8, 4) is 0 Å². The van der Waals surface area contributed by atoms with Gasteiger partial charge in [0.25, 0.3) is 0 Å². The van der Waals surface area contributed by atoms with Crippen molar-refractivity contribution < 1.29 is 9.53 Å². The van der Waals surface area contributed by atoms with Gasteiger partial charge in [-0.1, -0.05) is 56.4 Å². The van der Waals surface area contributed by atoms with E-state index in [-0.39, 0.29) is 12.2 Å². The summed E-state index contributed by atoms with van der Waals surface area (Å²) in [5.74, 6) is 0.913. The highest BCUT2D eigenvalue weighted by Gasteiger charge is 2.22. The van der Waals surface area contributed by atoms with Crippen LogP contribution in [-0.4, -0.2) is 24.8 Å². The minimum atomic E-state index is -0.281. The van der Waals surface area contributed by atoms with Gasteiger partial charge >= 0.3 is 6.09 Å². The minimum Gasteiger partial charge on any atom is -0.444 e. The van der Waals surface area contributed by atoms with Crippen molar-refractivity contribution in [2.45, 2.75) is 77.0 Å². The maximum Gasteiger partial charge on any atom is 0.407 e. The number of ether oxygens (including phenoxy) is 1. The van der Waals surface area contributed by atoms with E-state index in [9.17, 15) is 4.79 Å². The fraction of sp³-hybridized carbons (Fsp3) is 0.667. The lowest BCUT2D eigenvalue weighted by Gasteiger charge is -2.25. The second kappa shape index (κ2) is 9.23. The highest BCUT2D eigenvalue weighted by molar-refractivity contribution is 5.69. The van der Waals surface area contributed by atoms with Gasteiger partial charge in [0, 0.05) is 12.6 Å². The first-order chi connectivity index (χ1) is 12.2. The Hall–Kier alpha value is -1.55. The zero-order valence-electron chi connectivity index (χ0n) is 15.4. The Morgan fingerprint density at radius 1 is 1.20 bits per heavy atom. The van der Waals surface area contributed by atoms with Crippen LogP contribution in [0.4, 0.5) is 4.79 Å². The van der Waals surface area contributed by atoms with E-state index in [1.807, 2.05) is 0 Å². The number of amides is 1. The molecule has 1 saturated heterocycles. The maximum atomic E-state index is 11.1. The predicted octanol–water partition coefficient (Wildman–Crippen LogP) is 4.18. The van der Waals surface area contributed by atoms with Crippen LogP contribution in [0.3, 0.4) is 0 Å². The Balaban J connectivity index is 1.45. The third-order valence-electron chi connectivity index (χ3n) is 5.65. The summed E-state index contributed by atoms with van der Waals surface area (Å²) in [6.07, 6.45) is 9.95. The van der Waals surface area contributed by atoms with Crippen LogP contribution in [0.5, 0.6) is 0 Å². The molecule has 2 unspecified atom stereocenters. The summed E-state index contributed by atoms with van der Waals surface area (Å²) in [7, 11) is 0. The number of carbonyl (C=O) groups is 1. The van der Waals surface area contributed by atoms with Crippen LogP contribution in [0.2, 0.25) is 0 Å². The number of alkyl carbamates (subject to hydrolysis) is 1. The first kappa shape index (κ1) is 18.2. The molecule has 1 aliphatic heterocycles. The summed E-state index contributed by atoms with van der Waals surface area (Å²) < 4.78 is 5.24. The molecule has 1 amide bonds. The molecular weight excluding hydrogens is 312 g/mol. The molecular formula is C21H32N2O2. The van der Waals surface area contributed by atoms with Gasteiger partial charge in [0.05, 0.1) is 6.54 Å². The topological polar surface area (TPSA) is 50.4 Å². The van der Waals surface area contributed by atoms with Gasteiger partial charge in [0.1, 0.15) is 6.10 Å². The Morgan fingerprint density at radius 2 is 1.96 bits per heavy atom. The lowest BCUT2D eigenvalue weighted by atomic mass is 9.85. The molecule has 0 spiro atoms. The van der Waals surface area contributed by atoms with Crippen LogP contribution < -0.4 is 10.6 Å². The van der Waals surface area contributed by atoms with E-state index < -0.39 is 0 Å². The lowest BCUT2D eigenvalue weighted by molar-refractivity contribution is 0.136. The molecule has 1 heterocycles. The van der Waals surface area contributed by atoms with E-state index >= 15 is 0 Å². The van der Waals surface area contributed by atoms with Crippen molar-refractivity contribution >= 4 is 6.09 Å². The first-order valence-electron chi connectivity index (χ1n) is 9.95. The normalized spacial score (nSPS) is 22.4. The highest BCUT2D eigenvalue weighted by atomic mass is 16.6. The van der Waals surface area contributed by atoms with E-state index in [0.717, 1.165) is 25.3 Å². The van der Waals surface area contributed by atoms with Crippen molar-refractivity contribution in [2.75, 3.05) is 6.54 Å². The van der Waals surface area contributed by atoms with Gasteiger partial charge in [0.15, 0.2) is 0 Å². The third-order valence-corrected chi connectivity index (χ3v) is 5.65. The van der Waals surface area contributed by atoms with E-state index in [1.54, 1.807) is 0 Å². The zero-order valence-corrected chi connectivity index (χ0v) is 15.4. The van der Waals surface area contributed by atoms with Gasteiger partial charge in [0.2, 0.25) is 0 Å². The average molecular weight is 344 g/mol. The minimum absolute atomic E-state index is 0.0127. The second-order valence-electron chi connectivity index (χ2n) is 7.74. The molecule has 25 heavy (non-hydrogen) atoms. The van der Waals surface area contributed by atoms with Gasteiger partial charge in [-0.05, 0) is 43.2 Å². The molecule has 1 aromatic rings. The Kier molecular flexibility index (Phi) is 6.74. The summed E-state index contributed by atoms with van der Waals surface area (Å²) >= 11 is 0. The summed E-state index contributed by atoms with van der Waals surface area (Å²) in [4.78, 5) is 11.1. The average Bonchev–Trinajstić information content (AvgIpc) is 3.05. The highest BCUT2D eigenvalue weighted by Crippen LogP contribution is 2.27. The summed E-state index contributed by atoms with van der Waals surface area (Å²) in [6.45, 7) is 3.88. The number of carbonyl (C=O) groups excluding carboxylic acids is 1. The Morgan fingerprint density at radius 3 is 2.68 bits per heavy atom. The van der Waals surface area contributed by atoms with Crippen LogP contribution in [0, 0.1) is 5.92 Å². The predicted molar refractivity (Wildman–Crippen MR) is 101 cm³/mol. The molecule has 1 aromatic carbocycles. The number of cyclic esters (lactones) is 1. The molecule has 2 aliphatic rings. The van der Waals surface area contributed by atoms with Gasteiger partial charge < -0.3 is 15.4 Å². The SMILES string of the molecule is CC(CC1CCCCC1)NCc1ccccc1CCC1CNC(=O)O1. The molecule has 2 N–H and O–H groups in total. The van der Waals surface area contributed by atoms with Crippen LogP contribution in [0.1, 0.15) is 63.0 Å². The van der Waals surface area contributed by atoms with Crippen LogP contribution >= 0.6 is 0 Å². The summed E-state index contributed by atoms with van der Waals surface area (Å²) in [6, 6.07) is 9.20. The largest absolute Gasteiger partial charge is 0.444 e. The number of hydrogen-bond acceptors (Lipinski definition) is 3. The Labute approximate surface area is 151 Å². The van der Waals surface area contributed by atoms with Crippen LogP contribution in [0.25, 0.3) is 0 Å². The van der Waals surface area contributed by atoms with Gasteiger partial charge in [-0.25, -0.2) is 4.79 Å². The van der Waals surface area contributed by atoms with Crippen molar-refractivity contribution in [3.05, 3.63) is 35.4 Å². The zero-order chi connectivity index (χ0) is 17.5. The molecule has 0 bridgehead atoms. The molecule has 0 radical (unpaired) electrons. The third kappa shape index (κ3) is 5.74. The Bertz CT molecular complexity index is 555. The fourth-order valence-corrected chi connectivity index (χ4v) is 4.17. The van der Waals surface area contributed by atoms with Gasteiger partial charge in [-0.3, -0.25) is 0 Å². The summed E-state index contributed by atoms with van der Waals surface area (Å²) in [5, 5.41) is 6.45. The quantitative estimate of drug-likeness (QED) is 0.744. The maximum absolute atomic E-state index is 11.1. The number of nitrogens with one attached hydrogen (secondary N) is 2. The molecule has 2 fully saturated rings. The van der Waals surface area contributed by atoms with Gasteiger partial charge in [-0.15, -0.1) is 0 Å². The molecule has 1 aliphatic carbocycles. The first-order valence-corrected chi connectivity index (χ1v) is 9.95. The molecule has 0 aromatic heterocycles. The summed E-state index contributed by atoms with van der Waals surface area (Å²) in [5.41, 5.74) is 2.73. The second-order valence-corrected chi connectivity index (χ2v) is 7.74. The molecule has 138 valence electrons. The van der Waals surface area contributed by atoms with E-state index in [0.29, 0.717) is 12.6 Å². The molecule has 3 rings (SSSR count). The van der Waals surface area contributed by atoms with Crippen molar-refractivity contribution in [2.24, 2.45) is 5.92 Å². The van der Waals surface area contributed by atoms with Crippen molar-refractivity contribution in [3.63, 3.8) is 0 Å². The smallest absolute Gasteiger partial charge is 0.407 e.